The molecule has 90 valence electrons. The first-order chi connectivity index (χ1) is 7.72. The van der Waals surface area contributed by atoms with Gasteiger partial charge in [0, 0.05) is 24.0 Å². The summed E-state index contributed by atoms with van der Waals surface area (Å²) in [6.07, 6.45) is 4.80. The van der Waals surface area contributed by atoms with E-state index in [4.69, 9.17) is 10.7 Å². The average molecular weight is 239 g/mol. The highest BCUT2D eigenvalue weighted by Gasteiger charge is 2.20. The third-order valence-electron chi connectivity index (χ3n) is 2.99. The molecule has 0 radical (unpaired) electrons. The van der Waals surface area contributed by atoms with Crippen LogP contribution in [0.2, 0.25) is 0 Å². The Labute approximate surface area is 102 Å². The maximum Gasteiger partial charge on any atom is 0.185 e. The normalized spacial score (nSPS) is 18.1. The van der Waals surface area contributed by atoms with Crippen LogP contribution in [0, 0.1) is 0 Å². The highest BCUT2D eigenvalue weighted by atomic mass is 32.1. The molecule has 1 fully saturated rings. The lowest BCUT2D eigenvalue weighted by Gasteiger charge is -2.12. The number of anilines is 1. The Balaban J connectivity index is 2.22. The lowest BCUT2D eigenvalue weighted by Crippen LogP contribution is -2.17. The van der Waals surface area contributed by atoms with E-state index in [-0.39, 0.29) is 6.04 Å². The van der Waals surface area contributed by atoms with Crippen LogP contribution in [-0.4, -0.2) is 18.1 Å². The van der Waals surface area contributed by atoms with E-state index in [1.54, 1.807) is 11.3 Å². The van der Waals surface area contributed by atoms with Gasteiger partial charge in [-0.2, -0.15) is 0 Å². The fourth-order valence-electron chi connectivity index (χ4n) is 2.17. The van der Waals surface area contributed by atoms with Crippen molar-refractivity contribution in [2.24, 2.45) is 5.73 Å². The monoisotopic (exact) mass is 239 g/mol. The van der Waals surface area contributed by atoms with E-state index in [0.717, 1.165) is 25.9 Å². The number of aromatic nitrogens is 1. The summed E-state index contributed by atoms with van der Waals surface area (Å²) in [6, 6.07) is 0.121. The summed E-state index contributed by atoms with van der Waals surface area (Å²) >= 11 is 1.79. The zero-order valence-corrected chi connectivity index (χ0v) is 11.0. The maximum absolute atomic E-state index is 6.01. The van der Waals surface area contributed by atoms with Crippen molar-refractivity contribution in [2.75, 3.05) is 18.0 Å². The maximum atomic E-state index is 6.01. The molecule has 4 heteroatoms. The Morgan fingerprint density at radius 3 is 2.69 bits per heavy atom. The van der Waals surface area contributed by atoms with Crippen LogP contribution in [0.3, 0.4) is 0 Å². The standard InChI is InChI=1S/C12H21N3S/c1-3-6-10-11(9(2)13)16-12(14-10)15-7-4-5-8-15/h9H,3-8,13H2,1-2H3. The minimum absolute atomic E-state index is 0.121. The molecule has 16 heavy (non-hydrogen) atoms. The SMILES string of the molecule is CCCc1nc(N2CCCC2)sc1C(C)N. The number of aryl methyl sites for hydroxylation is 1. The highest BCUT2D eigenvalue weighted by molar-refractivity contribution is 7.15. The molecule has 2 rings (SSSR count). The van der Waals surface area contributed by atoms with Crippen molar-refractivity contribution >= 4 is 16.5 Å². The number of hydrogen-bond acceptors (Lipinski definition) is 4. The van der Waals surface area contributed by atoms with Gasteiger partial charge in [0.05, 0.1) is 5.69 Å². The van der Waals surface area contributed by atoms with Gasteiger partial charge in [0.2, 0.25) is 0 Å². The fraction of sp³-hybridized carbons (Fsp3) is 0.750. The second-order valence-electron chi connectivity index (χ2n) is 4.54. The Hall–Kier alpha value is -0.610. The summed E-state index contributed by atoms with van der Waals surface area (Å²) in [5, 5.41) is 1.19. The molecule has 1 aliphatic heterocycles. The van der Waals surface area contributed by atoms with Gasteiger partial charge in [-0.05, 0) is 26.2 Å². The van der Waals surface area contributed by atoms with Gasteiger partial charge in [-0.25, -0.2) is 4.98 Å². The topological polar surface area (TPSA) is 42.2 Å². The molecule has 0 aromatic carbocycles. The van der Waals surface area contributed by atoms with E-state index in [1.165, 1.54) is 28.5 Å². The van der Waals surface area contributed by atoms with Gasteiger partial charge in [0.15, 0.2) is 5.13 Å². The van der Waals surface area contributed by atoms with Crippen LogP contribution >= 0.6 is 11.3 Å². The molecule has 0 saturated carbocycles. The lowest BCUT2D eigenvalue weighted by atomic mass is 10.2. The largest absolute Gasteiger partial charge is 0.348 e. The summed E-state index contributed by atoms with van der Waals surface area (Å²) < 4.78 is 0. The Kier molecular flexibility index (Phi) is 3.82. The molecular formula is C12H21N3S. The van der Waals surface area contributed by atoms with Gasteiger partial charge in [0.1, 0.15) is 0 Å². The summed E-state index contributed by atoms with van der Waals surface area (Å²) in [6.45, 7) is 6.58. The third-order valence-corrected chi connectivity index (χ3v) is 4.35. The van der Waals surface area contributed by atoms with E-state index < -0.39 is 0 Å². The van der Waals surface area contributed by atoms with Crippen LogP contribution in [-0.2, 0) is 6.42 Å². The van der Waals surface area contributed by atoms with Crippen LogP contribution < -0.4 is 10.6 Å². The van der Waals surface area contributed by atoms with Crippen LogP contribution in [0.1, 0.15) is 49.7 Å². The molecule has 1 unspecified atom stereocenters. The Morgan fingerprint density at radius 2 is 2.12 bits per heavy atom. The van der Waals surface area contributed by atoms with E-state index in [1.807, 2.05) is 0 Å². The van der Waals surface area contributed by atoms with Gasteiger partial charge >= 0.3 is 0 Å². The molecule has 1 aromatic heterocycles. The van der Waals surface area contributed by atoms with E-state index >= 15 is 0 Å². The molecule has 2 heterocycles. The van der Waals surface area contributed by atoms with Crippen LogP contribution in [0.5, 0.6) is 0 Å². The van der Waals surface area contributed by atoms with Crippen molar-refractivity contribution in [1.82, 2.24) is 4.98 Å². The minimum atomic E-state index is 0.121. The summed E-state index contributed by atoms with van der Waals surface area (Å²) in [5.41, 5.74) is 7.24. The van der Waals surface area contributed by atoms with Crippen molar-refractivity contribution in [3.8, 4) is 0 Å². The van der Waals surface area contributed by atoms with Crippen LogP contribution in [0.4, 0.5) is 5.13 Å². The van der Waals surface area contributed by atoms with Crippen molar-refractivity contribution in [3.63, 3.8) is 0 Å². The first kappa shape index (κ1) is 11.9. The van der Waals surface area contributed by atoms with Gasteiger partial charge in [-0.15, -0.1) is 11.3 Å². The number of hydrogen-bond donors (Lipinski definition) is 1. The van der Waals surface area contributed by atoms with Gasteiger partial charge in [0.25, 0.3) is 0 Å². The molecule has 3 nitrogen and oxygen atoms in total. The van der Waals surface area contributed by atoms with Gasteiger partial charge in [-0.3, -0.25) is 0 Å². The smallest absolute Gasteiger partial charge is 0.185 e. The van der Waals surface area contributed by atoms with Crippen molar-refractivity contribution in [3.05, 3.63) is 10.6 Å². The quantitative estimate of drug-likeness (QED) is 0.878. The zero-order chi connectivity index (χ0) is 11.5. The van der Waals surface area contributed by atoms with E-state index in [0.29, 0.717) is 0 Å². The molecular weight excluding hydrogens is 218 g/mol. The Morgan fingerprint density at radius 1 is 1.44 bits per heavy atom. The van der Waals surface area contributed by atoms with Crippen LogP contribution in [0.25, 0.3) is 0 Å². The molecule has 0 spiro atoms. The van der Waals surface area contributed by atoms with E-state index in [9.17, 15) is 0 Å². The summed E-state index contributed by atoms with van der Waals surface area (Å²) in [5.74, 6) is 0. The van der Waals surface area contributed by atoms with Gasteiger partial charge in [-0.1, -0.05) is 13.3 Å². The molecule has 1 saturated heterocycles. The predicted molar refractivity (Wildman–Crippen MR) is 70.2 cm³/mol. The molecule has 0 amide bonds. The second kappa shape index (κ2) is 5.15. The molecule has 1 aliphatic rings. The van der Waals surface area contributed by atoms with Crippen molar-refractivity contribution in [2.45, 2.75) is 45.6 Å². The lowest BCUT2D eigenvalue weighted by molar-refractivity contribution is 0.791. The third kappa shape index (κ3) is 2.38. The average Bonchev–Trinajstić information content (AvgIpc) is 2.83. The first-order valence-electron chi connectivity index (χ1n) is 6.22. The predicted octanol–water partition coefficient (Wildman–Crippen LogP) is 2.72. The molecule has 0 bridgehead atoms. The number of thiazole rings is 1. The summed E-state index contributed by atoms with van der Waals surface area (Å²) in [7, 11) is 0. The fourth-order valence-corrected chi connectivity index (χ4v) is 3.28. The number of nitrogens with two attached hydrogens (primary N) is 1. The first-order valence-corrected chi connectivity index (χ1v) is 7.04. The highest BCUT2D eigenvalue weighted by Crippen LogP contribution is 2.32. The zero-order valence-electron chi connectivity index (χ0n) is 10.2. The summed E-state index contributed by atoms with van der Waals surface area (Å²) in [4.78, 5) is 8.45. The number of rotatable bonds is 4. The van der Waals surface area contributed by atoms with E-state index in [2.05, 4.69) is 18.7 Å². The Bertz CT molecular complexity index is 340. The molecule has 1 aromatic rings. The van der Waals surface area contributed by atoms with Crippen molar-refractivity contribution in [1.29, 1.82) is 0 Å². The number of nitrogens with zero attached hydrogens (tertiary/aromatic N) is 2. The van der Waals surface area contributed by atoms with Crippen molar-refractivity contribution < 1.29 is 0 Å². The molecule has 1 atom stereocenters. The minimum Gasteiger partial charge on any atom is -0.348 e. The molecule has 2 N–H and O–H groups in total. The molecule has 0 aliphatic carbocycles. The second-order valence-corrected chi connectivity index (χ2v) is 5.55. The van der Waals surface area contributed by atoms with Gasteiger partial charge < -0.3 is 10.6 Å². The van der Waals surface area contributed by atoms with Crippen LogP contribution in [0.15, 0.2) is 0 Å².